The Hall–Kier alpha value is -6.02. The van der Waals surface area contributed by atoms with Gasteiger partial charge in [0.15, 0.2) is 8.07 Å². The van der Waals surface area contributed by atoms with Gasteiger partial charge in [-0.05, 0) is 92.9 Å². The smallest absolute Gasteiger partial charge is 0.0683 e. The van der Waals surface area contributed by atoms with Crippen molar-refractivity contribution in [2.75, 3.05) is 0 Å². The number of benzene rings is 8. The fourth-order valence-electron chi connectivity index (χ4n) is 9.44. The zero-order valence-electron chi connectivity index (χ0n) is 39.5. The van der Waals surface area contributed by atoms with E-state index in [-0.39, 0.29) is 5.41 Å². The summed E-state index contributed by atoms with van der Waals surface area (Å²) in [5.41, 5.74) is 16.4. The molecule has 8 aromatic rings. The Morgan fingerprint density at radius 1 is 0.258 bits per heavy atom. The molecule has 0 N–H and O–H groups in total. The lowest BCUT2D eigenvalue weighted by atomic mass is 9.70. The van der Waals surface area contributed by atoms with E-state index >= 15 is 0 Å². The quantitative estimate of drug-likeness (QED) is 0.122. The van der Waals surface area contributed by atoms with Gasteiger partial charge < -0.3 is 0 Å². The molecule has 2 aliphatic rings. The van der Waals surface area contributed by atoms with Crippen molar-refractivity contribution in [3.8, 4) is 22.3 Å². The molecule has 62 heavy (non-hydrogen) atoms. The lowest BCUT2D eigenvalue weighted by Crippen LogP contribution is -2.74. The van der Waals surface area contributed by atoms with Crippen LogP contribution in [0.5, 0.6) is 0 Å². The molecule has 0 unspecified atom stereocenters. The van der Waals surface area contributed by atoms with Gasteiger partial charge in [-0.2, -0.15) is 0 Å². The zero-order chi connectivity index (χ0) is 44.9. The molecule has 0 bridgehead atoms. The molecule has 0 aromatic heterocycles. The summed E-state index contributed by atoms with van der Waals surface area (Å²) >= 11 is 0. The lowest BCUT2D eigenvalue weighted by Gasteiger charge is -2.34. The first-order chi connectivity index (χ1) is 30.4. The second-order valence-electron chi connectivity index (χ2n) is 15.2. The molecule has 0 saturated carbocycles. The van der Waals surface area contributed by atoms with Crippen molar-refractivity contribution in [3.05, 3.63) is 239 Å². The topological polar surface area (TPSA) is 0 Å². The Bertz CT molecular complexity index is 2250. The van der Waals surface area contributed by atoms with E-state index in [4.69, 9.17) is 0 Å². The largest absolute Gasteiger partial charge is 0.179 e. The number of rotatable bonds is 4. The van der Waals surface area contributed by atoms with E-state index in [1.165, 1.54) is 87.5 Å². The summed E-state index contributed by atoms with van der Waals surface area (Å²) in [5, 5.41) is 5.66. The molecular weight excluding hydrogens is 761 g/mol. The van der Waals surface area contributed by atoms with Gasteiger partial charge >= 0.3 is 0 Å². The third kappa shape index (κ3) is 8.44. The van der Waals surface area contributed by atoms with Crippen molar-refractivity contribution in [3.63, 3.8) is 0 Å². The van der Waals surface area contributed by atoms with Gasteiger partial charge in [-0.1, -0.05) is 272 Å². The normalized spacial score (nSPS) is 11.7. The summed E-state index contributed by atoms with van der Waals surface area (Å²) in [5.74, 6) is 0. The van der Waals surface area contributed by atoms with Crippen LogP contribution in [0.1, 0.15) is 99.9 Å². The van der Waals surface area contributed by atoms with Crippen LogP contribution in [-0.4, -0.2) is 8.07 Å². The van der Waals surface area contributed by atoms with Crippen molar-refractivity contribution >= 4 is 28.8 Å². The van der Waals surface area contributed by atoms with Crippen LogP contribution in [0.2, 0.25) is 0 Å². The van der Waals surface area contributed by atoms with Crippen LogP contribution in [-0.2, 0) is 5.41 Å². The van der Waals surface area contributed by atoms with Gasteiger partial charge in [0.25, 0.3) is 0 Å². The molecule has 0 saturated heterocycles. The molecular formula is C61H68Si. The van der Waals surface area contributed by atoms with Gasteiger partial charge in [-0.25, -0.2) is 0 Å². The fourth-order valence-corrected chi connectivity index (χ4v) is 14.2. The Morgan fingerprint density at radius 2 is 0.452 bits per heavy atom. The summed E-state index contributed by atoms with van der Waals surface area (Å²) in [7, 11) is -2.30. The van der Waals surface area contributed by atoms with Crippen LogP contribution in [0.3, 0.4) is 0 Å². The summed E-state index contributed by atoms with van der Waals surface area (Å²) in [6.45, 7) is 24.9. The standard InChI is InChI=1S/C29H24.C24H20Si.4C2H6/c1-17-5-9-21-22-10-6-18(2)14-26(22)29(25(21)13-17)27-15-19(3)7-11-23(27)24-12-8-20(4)16-28(24)29;1-5-13-21(14-6-1)25(22-15-7-2-8-16-22,23-17-9-3-10-18-23)24-19-11-4-12-20-24;4*1-2/h5-16H,1-4H3;1-20H;4*1-2H3. The molecule has 2 aliphatic carbocycles. The van der Waals surface area contributed by atoms with Crippen molar-refractivity contribution in [2.45, 2.75) is 88.5 Å². The number of aryl methyl sites for hydroxylation is 4. The molecule has 316 valence electrons. The Kier molecular flexibility index (Phi) is 16.4. The number of hydrogen-bond acceptors (Lipinski definition) is 0. The molecule has 0 heterocycles. The van der Waals surface area contributed by atoms with Crippen molar-refractivity contribution < 1.29 is 0 Å². The third-order valence-corrected chi connectivity index (χ3v) is 16.5. The van der Waals surface area contributed by atoms with E-state index < -0.39 is 8.07 Å². The average Bonchev–Trinajstić information content (AvgIpc) is 3.78. The molecule has 8 aromatic carbocycles. The molecule has 0 nitrogen and oxygen atoms in total. The highest BCUT2D eigenvalue weighted by Crippen LogP contribution is 2.63. The Labute approximate surface area is 376 Å². The summed E-state index contributed by atoms with van der Waals surface area (Å²) in [6, 6.07) is 72.0. The third-order valence-electron chi connectivity index (χ3n) is 11.7. The van der Waals surface area contributed by atoms with Crippen LogP contribution >= 0.6 is 0 Å². The van der Waals surface area contributed by atoms with Gasteiger partial charge in [0.1, 0.15) is 0 Å². The van der Waals surface area contributed by atoms with Gasteiger partial charge in [0.2, 0.25) is 0 Å². The lowest BCUT2D eigenvalue weighted by molar-refractivity contribution is 0.789. The van der Waals surface area contributed by atoms with Gasteiger partial charge in [-0.15, -0.1) is 0 Å². The Morgan fingerprint density at radius 3 is 0.645 bits per heavy atom. The molecule has 0 fully saturated rings. The molecule has 1 heteroatoms. The van der Waals surface area contributed by atoms with E-state index in [9.17, 15) is 0 Å². The first kappa shape index (κ1) is 47.0. The molecule has 0 aliphatic heterocycles. The van der Waals surface area contributed by atoms with E-state index in [2.05, 4.69) is 222 Å². The molecule has 1 spiro atoms. The predicted molar refractivity (Wildman–Crippen MR) is 277 cm³/mol. The highest BCUT2D eigenvalue weighted by Gasteiger charge is 2.51. The summed E-state index contributed by atoms with van der Waals surface area (Å²) in [4.78, 5) is 0. The fraction of sp³-hybridized carbons (Fsp3) is 0.213. The number of fused-ring (bicyclic) bond motifs is 10. The maximum Gasteiger partial charge on any atom is 0.179 e. The first-order valence-electron chi connectivity index (χ1n) is 23.1. The highest BCUT2D eigenvalue weighted by molar-refractivity contribution is 7.19. The van der Waals surface area contributed by atoms with Gasteiger partial charge in [0.05, 0.1) is 5.41 Å². The van der Waals surface area contributed by atoms with Gasteiger partial charge in [-0.3, -0.25) is 0 Å². The van der Waals surface area contributed by atoms with E-state index in [0.29, 0.717) is 0 Å². The van der Waals surface area contributed by atoms with Crippen LogP contribution < -0.4 is 20.7 Å². The van der Waals surface area contributed by atoms with Crippen LogP contribution in [0.25, 0.3) is 22.3 Å². The highest BCUT2D eigenvalue weighted by atomic mass is 28.3. The monoisotopic (exact) mass is 829 g/mol. The molecule has 10 rings (SSSR count). The zero-order valence-corrected chi connectivity index (χ0v) is 40.5. The second kappa shape index (κ2) is 21.7. The van der Waals surface area contributed by atoms with E-state index in [0.717, 1.165) is 0 Å². The molecule has 0 amide bonds. The predicted octanol–water partition coefficient (Wildman–Crippen LogP) is 14.4. The van der Waals surface area contributed by atoms with Crippen LogP contribution in [0, 0.1) is 27.7 Å². The summed E-state index contributed by atoms with van der Waals surface area (Å²) in [6.07, 6.45) is 0. The number of hydrogen-bond donors (Lipinski definition) is 0. The maximum absolute atomic E-state index is 2.42. The molecule has 0 atom stereocenters. The SMILES string of the molecule is CC.CC.CC.CC.Cc1ccc2c(c1)C1(c3cc(C)ccc3-2)c2cc(C)ccc2-c2ccc(C)cc21.c1ccc([Si](c2ccccc2)(c2ccccc2)c2ccccc2)cc1. The molecule has 0 radical (unpaired) electrons. The van der Waals surface area contributed by atoms with E-state index in [1.54, 1.807) is 0 Å². The average molecular weight is 829 g/mol. The summed E-state index contributed by atoms with van der Waals surface area (Å²) < 4.78 is 0. The Balaban J connectivity index is 0.000000204. The van der Waals surface area contributed by atoms with Crippen LogP contribution in [0.15, 0.2) is 194 Å². The minimum Gasteiger partial charge on any atom is -0.0683 e. The minimum absolute atomic E-state index is 0.217. The van der Waals surface area contributed by atoms with Crippen molar-refractivity contribution in [1.29, 1.82) is 0 Å². The van der Waals surface area contributed by atoms with Crippen LogP contribution in [0.4, 0.5) is 0 Å². The van der Waals surface area contributed by atoms with Gasteiger partial charge in [0, 0.05) is 0 Å². The van der Waals surface area contributed by atoms with Crippen molar-refractivity contribution in [1.82, 2.24) is 0 Å². The van der Waals surface area contributed by atoms with Crippen molar-refractivity contribution in [2.24, 2.45) is 0 Å². The van der Waals surface area contributed by atoms with E-state index in [1.807, 2.05) is 55.4 Å². The first-order valence-corrected chi connectivity index (χ1v) is 25.1. The maximum atomic E-state index is 2.42. The minimum atomic E-state index is -2.30. The second-order valence-corrected chi connectivity index (χ2v) is 19.0.